The zero-order chi connectivity index (χ0) is 29.9. The lowest BCUT2D eigenvalue weighted by Gasteiger charge is -2.65. The second-order valence-electron chi connectivity index (χ2n) is 15.4. The summed E-state index contributed by atoms with van der Waals surface area (Å²) in [7, 11) is -3.61. The van der Waals surface area contributed by atoms with E-state index in [-0.39, 0.29) is 35.1 Å². The van der Waals surface area contributed by atoms with E-state index in [1.165, 1.54) is 25.7 Å². The van der Waals surface area contributed by atoms with Gasteiger partial charge in [-0.1, -0.05) is 34.6 Å². The van der Waals surface area contributed by atoms with Gasteiger partial charge in [-0.3, -0.25) is 18.6 Å². The average Bonchev–Trinajstić information content (AvgIpc) is 3.31. The lowest BCUT2D eigenvalue weighted by Crippen LogP contribution is -2.63. The van der Waals surface area contributed by atoms with E-state index < -0.39 is 7.82 Å². The number of fused-ring (bicyclic) bond motifs is 5. The summed E-state index contributed by atoms with van der Waals surface area (Å²) in [6.07, 6.45) is 11.7. The SMILES string of the molecule is CC(C)[C@@H]1C2C[C@H](O)CC[C@]2(C)C2CC[C@@]3(C)C(CC[C@@H]3[C@H](C)CCO[P@]3(=O)OCC[C@H](c4ccncc4)O3)C2[C@@H]1O. The summed E-state index contributed by atoms with van der Waals surface area (Å²) >= 11 is 0. The molecule has 0 spiro atoms. The molecule has 0 radical (unpaired) electrons. The Balaban J connectivity index is 1.12. The van der Waals surface area contributed by atoms with Crippen molar-refractivity contribution < 1.29 is 28.3 Å². The number of aliphatic hydroxyl groups is 2. The van der Waals surface area contributed by atoms with Crippen molar-refractivity contribution in [1.29, 1.82) is 0 Å². The van der Waals surface area contributed by atoms with Crippen LogP contribution < -0.4 is 0 Å². The Morgan fingerprint density at radius 3 is 2.45 bits per heavy atom. The molecule has 6 rings (SSSR count). The summed E-state index contributed by atoms with van der Waals surface area (Å²) in [5.74, 6) is 3.42. The van der Waals surface area contributed by atoms with Crippen LogP contribution in [0, 0.1) is 58.2 Å². The molecule has 4 saturated carbocycles. The van der Waals surface area contributed by atoms with Crippen molar-refractivity contribution in [2.75, 3.05) is 13.2 Å². The Labute approximate surface area is 253 Å². The summed E-state index contributed by atoms with van der Waals surface area (Å²) in [6, 6.07) is 3.78. The summed E-state index contributed by atoms with van der Waals surface area (Å²) in [5.41, 5.74) is 1.34. The molecule has 4 aliphatic carbocycles. The van der Waals surface area contributed by atoms with Crippen LogP contribution in [0.25, 0.3) is 0 Å². The van der Waals surface area contributed by atoms with E-state index in [2.05, 4.69) is 39.6 Å². The molecule has 0 amide bonds. The fourth-order valence-electron chi connectivity index (χ4n) is 11.1. The molecule has 1 aromatic rings. The predicted octanol–water partition coefficient (Wildman–Crippen LogP) is 7.58. The van der Waals surface area contributed by atoms with Crippen molar-refractivity contribution in [2.24, 2.45) is 58.2 Å². The van der Waals surface area contributed by atoms with E-state index in [0.29, 0.717) is 61.1 Å². The first-order chi connectivity index (χ1) is 20.0. The molecule has 2 N–H and O–H groups in total. The van der Waals surface area contributed by atoms with Crippen LogP contribution in [0.1, 0.15) is 104 Å². The Hall–Kier alpha value is -0.820. The molecule has 5 aliphatic rings. The van der Waals surface area contributed by atoms with Gasteiger partial charge in [0, 0.05) is 18.8 Å². The van der Waals surface area contributed by atoms with Gasteiger partial charge in [0.2, 0.25) is 0 Å². The van der Waals surface area contributed by atoms with Crippen LogP contribution in [0.15, 0.2) is 24.5 Å². The minimum atomic E-state index is -3.61. The molecule has 7 nitrogen and oxygen atoms in total. The molecular formula is C34H54NO6P. The van der Waals surface area contributed by atoms with Crippen LogP contribution in [0.5, 0.6) is 0 Å². The van der Waals surface area contributed by atoms with Gasteiger partial charge in [-0.15, -0.1) is 0 Å². The molecule has 13 atom stereocenters. The Bertz CT molecular complexity index is 1130. The van der Waals surface area contributed by atoms with Gasteiger partial charge >= 0.3 is 7.82 Å². The molecular weight excluding hydrogens is 549 g/mol. The Morgan fingerprint density at radius 1 is 1.00 bits per heavy atom. The van der Waals surface area contributed by atoms with Crippen LogP contribution in [0.2, 0.25) is 0 Å². The van der Waals surface area contributed by atoms with Gasteiger partial charge in [-0.25, -0.2) is 4.57 Å². The van der Waals surface area contributed by atoms with Gasteiger partial charge in [0.25, 0.3) is 0 Å². The van der Waals surface area contributed by atoms with E-state index in [9.17, 15) is 14.8 Å². The summed E-state index contributed by atoms with van der Waals surface area (Å²) < 4.78 is 30.6. The highest BCUT2D eigenvalue weighted by atomic mass is 31.2. The minimum Gasteiger partial charge on any atom is -0.393 e. The fourth-order valence-corrected chi connectivity index (χ4v) is 12.5. The van der Waals surface area contributed by atoms with Crippen molar-refractivity contribution in [3.63, 3.8) is 0 Å². The third-order valence-corrected chi connectivity index (χ3v) is 14.6. The van der Waals surface area contributed by atoms with Crippen molar-refractivity contribution in [2.45, 2.75) is 111 Å². The van der Waals surface area contributed by atoms with Crippen molar-refractivity contribution >= 4 is 7.82 Å². The molecule has 0 bridgehead atoms. The van der Waals surface area contributed by atoms with Crippen LogP contribution in [-0.4, -0.2) is 40.6 Å². The number of hydrogen-bond donors (Lipinski definition) is 2. The number of aromatic nitrogens is 1. The minimum absolute atomic E-state index is 0.190. The molecule has 236 valence electrons. The first kappa shape index (κ1) is 31.2. The standard InChI is InChI=1S/C34H54NO6P/c1-21(2)30-28-20-24(36)8-14-34(28,5)27-9-15-33(4)25(6-7-26(33)31(27)32(30)37)22(3)12-18-39-42(38)40-19-13-29(41-42)23-10-16-35-17-11-23/h10-11,16-17,21-22,24-32,36-37H,6-9,12-15,18-20H2,1-5H3/t22-,24-,25-,26?,27?,28?,29-,30-,31?,32-,33-,34-,42-/m1/s1. The molecule has 4 unspecified atom stereocenters. The molecule has 5 fully saturated rings. The van der Waals surface area contributed by atoms with E-state index >= 15 is 0 Å². The number of hydrogen-bond acceptors (Lipinski definition) is 7. The zero-order valence-electron chi connectivity index (χ0n) is 26.4. The molecule has 1 aromatic heterocycles. The highest BCUT2D eigenvalue weighted by Gasteiger charge is 2.65. The maximum Gasteiger partial charge on any atom is 0.475 e. The molecule has 8 heteroatoms. The van der Waals surface area contributed by atoms with Crippen molar-refractivity contribution in [1.82, 2.24) is 4.98 Å². The van der Waals surface area contributed by atoms with Crippen LogP contribution in [0.3, 0.4) is 0 Å². The van der Waals surface area contributed by atoms with Crippen LogP contribution in [-0.2, 0) is 18.1 Å². The quantitative estimate of drug-likeness (QED) is 0.310. The fraction of sp³-hybridized carbons (Fsp3) is 0.853. The van der Waals surface area contributed by atoms with E-state index in [0.717, 1.165) is 31.2 Å². The lowest BCUT2D eigenvalue weighted by molar-refractivity contribution is -0.211. The molecule has 1 aliphatic heterocycles. The number of pyridine rings is 1. The Kier molecular flexibility index (Phi) is 8.79. The third-order valence-electron chi connectivity index (χ3n) is 13.1. The van der Waals surface area contributed by atoms with Gasteiger partial charge in [0.1, 0.15) is 0 Å². The van der Waals surface area contributed by atoms with Gasteiger partial charge in [-0.05, 0) is 127 Å². The first-order valence-electron chi connectivity index (χ1n) is 16.8. The third kappa shape index (κ3) is 5.36. The van der Waals surface area contributed by atoms with Crippen LogP contribution in [0.4, 0.5) is 0 Å². The molecule has 0 aromatic carbocycles. The number of phosphoric ester groups is 1. The van der Waals surface area contributed by atoms with Gasteiger partial charge in [0.15, 0.2) is 0 Å². The summed E-state index contributed by atoms with van der Waals surface area (Å²) in [6.45, 7) is 12.6. The van der Waals surface area contributed by atoms with Crippen LogP contribution >= 0.6 is 7.82 Å². The van der Waals surface area contributed by atoms with Gasteiger partial charge in [0.05, 0.1) is 31.5 Å². The first-order valence-corrected chi connectivity index (χ1v) is 18.3. The van der Waals surface area contributed by atoms with E-state index in [4.69, 9.17) is 13.6 Å². The predicted molar refractivity (Wildman–Crippen MR) is 162 cm³/mol. The number of nitrogens with zero attached hydrogens (tertiary/aromatic N) is 1. The molecule has 42 heavy (non-hydrogen) atoms. The number of phosphoric acid groups is 1. The maximum atomic E-state index is 13.3. The largest absolute Gasteiger partial charge is 0.475 e. The number of aliphatic hydroxyl groups excluding tert-OH is 2. The topological polar surface area (TPSA) is 98.1 Å². The smallest absolute Gasteiger partial charge is 0.393 e. The Morgan fingerprint density at radius 2 is 1.71 bits per heavy atom. The zero-order valence-corrected chi connectivity index (χ0v) is 27.3. The number of rotatable bonds is 7. The molecule has 1 saturated heterocycles. The van der Waals surface area contributed by atoms with Gasteiger partial charge in [-0.2, -0.15) is 0 Å². The van der Waals surface area contributed by atoms with E-state index in [1.807, 2.05) is 12.1 Å². The van der Waals surface area contributed by atoms with E-state index in [1.54, 1.807) is 12.4 Å². The normalized spacial score (nSPS) is 47.9. The average molecular weight is 604 g/mol. The molecule has 2 heterocycles. The maximum absolute atomic E-state index is 13.3. The second-order valence-corrected chi connectivity index (χ2v) is 17.0. The van der Waals surface area contributed by atoms with Crippen molar-refractivity contribution in [3.05, 3.63) is 30.1 Å². The summed E-state index contributed by atoms with van der Waals surface area (Å²) in [5, 5.41) is 22.8. The summed E-state index contributed by atoms with van der Waals surface area (Å²) in [4.78, 5) is 4.07. The monoisotopic (exact) mass is 603 g/mol. The highest BCUT2D eigenvalue weighted by Crippen LogP contribution is 2.70. The van der Waals surface area contributed by atoms with Crippen molar-refractivity contribution in [3.8, 4) is 0 Å². The second kappa shape index (κ2) is 11.8. The van der Waals surface area contributed by atoms with Gasteiger partial charge < -0.3 is 10.2 Å². The lowest BCUT2D eigenvalue weighted by atomic mass is 9.40. The highest BCUT2D eigenvalue weighted by molar-refractivity contribution is 7.48.